The number of oxazole rings is 1. The van der Waals surface area contributed by atoms with Crippen molar-refractivity contribution in [2.24, 2.45) is 0 Å². The molecule has 2 aromatic carbocycles. The van der Waals surface area contributed by atoms with Gasteiger partial charge in [-0.15, -0.1) is 0 Å². The highest BCUT2D eigenvalue weighted by Gasteiger charge is 2.11. The van der Waals surface area contributed by atoms with Crippen LogP contribution in [0.4, 0.5) is 0 Å². The van der Waals surface area contributed by atoms with Crippen LogP contribution in [0, 0.1) is 6.92 Å². The molecule has 0 saturated heterocycles. The number of carboxylic acids is 1. The molecule has 0 unspecified atom stereocenters. The van der Waals surface area contributed by atoms with Gasteiger partial charge in [0.15, 0.2) is 0 Å². The van der Waals surface area contributed by atoms with Gasteiger partial charge in [0, 0.05) is 12.0 Å². The number of aromatic nitrogens is 1. The second-order valence-electron chi connectivity index (χ2n) is 5.70. The fourth-order valence-electron chi connectivity index (χ4n) is 2.55. The largest absolute Gasteiger partial charge is 0.493 e. The highest BCUT2D eigenvalue weighted by molar-refractivity contribution is 5.70. The van der Waals surface area contributed by atoms with E-state index >= 15 is 0 Å². The first-order valence-electron chi connectivity index (χ1n) is 8.07. The summed E-state index contributed by atoms with van der Waals surface area (Å²) in [4.78, 5) is 15.3. The second kappa shape index (κ2) is 7.66. The number of carbonyl (C=O) groups is 1. The Labute approximate surface area is 145 Å². The van der Waals surface area contributed by atoms with Gasteiger partial charge in [-0.25, -0.2) is 4.98 Å². The Morgan fingerprint density at radius 3 is 2.72 bits per heavy atom. The molecule has 1 heterocycles. The molecule has 0 bridgehead atoms. The maximum absolute atomic E-state index is 10.8. The SMILES string of the molecule is Cc1oc(-c2ccccc2)nc1CCOc1cccc(CC(=O)O)c1. The molecule has 0 amide bonds. The summed E-state index contributed by atoms with van der Waals surface area (Å²) in [7, 11) is 0. The Kier molecular flexibility index (Phi) is 5.14. The van der Waals surface area contributed by atoms with E-state index in [1.165, 1.54) is 0 Å². The summed E-state index contributed by atoms with van der Waals surface area (Å²) < 4.78 is 11.5. The standard InChI is InChI=1S/C20H19NO4/c1-14-18(21-20(25-14)16-7-3-2-4-8-16)10-11-24-17-9-5-6-15(12-17)13-19(22)23/h2-9,12H,10-11,13H2,1H3,(H,22,23). The van der Waals surface area contributed by atoms with Crippen LogP contribution in [0.25, 0.3) is 11.5 Å². The van der Waals surface area contributed by atoms with Crippen molar-refractivity contribution in [3.63, 3.8) is 0 Å². The molecule has 0 aliphatic carbocycles. The van der Waals surface area contributed by atoms with Crippen LogP contribution >= 0.6 is 0 Å². The van der Waals surface area contributed by atoms with Gasteiger partial charge < -0.3 is 14.3 Å². The fraction of sp³-hybridized carbons (Fsp3) is 0.200. The van der Waals surface area contributed by atoms with Gasteiger partial charge >= 0.3 is 5.97 Å². The van der Waals surface area contributed by atoms with Crippen LogP contribution in [0.15, 0.2) is 59.0 Å². The van der Waals surface area contributed by atoms with Gasteiger partial charge in [0.1, 0.15) is 11.5 Å². The number of rotatable bonds is 7. The lowest BCUT2D eigenvalue weighted by Crippen LogP contribution is -2.04. The summed E-state index contributed by atoms with van der Waals surface area (Å²) in [6.07, 6.45) is 0.603. The van der Waals surface area contributed by atoms with E-state index in [2.05, 4.69) is 4.98 Å². The van der Waals surface area contributed by atoms with Crippen molar-refractivity contribution in [3.8, 4) is 17.2 Å². The quantitative estimate of drug-likeness (QED) is 0.708. The summed E-state index contributed by atoms with van der Waals surface area (Å²) in [5, 5.41) is 8.85. The normalized spacial score (nSPS) is 10.6. The zero-order chi connectivity index (χ0) is 17.6. The Balaban J connectivity index is 1.61. The molecule has 5 nitrogen and oxygen atoms in total. The minimum absolute atomic E-state index is 0.0139. The molecular formula is C20H19NO4. The molecule has 0 aliphatic heterocycles. The van der Waals surface area contributed by atoms with E-state index < -0.39 is 5.97 Å². The summed E-state index contributed by atoms with van der Waals surface area (Å²) in [5.74, 6) is 1.19. The first kappa shape index (κ1) is 16.8. The van der Waals surface area contributed by atoms with E-state index in [1.807, 2.05) is 43.3 Å². The predicted octanol–water partition coefficient (Wildman–Crippen LogP) is 3.90. The summed E-state index contributed by atoms with van der Waals surface area (Å²) in [6, 6.07) is 16.9. The van der Waals surface area contributed by atoms with Crippen molar-refractivity contribution in [2.45, 2.75) is 19.8 Å². The Hall–Kier alpha value is -3.08. The maximum atomic E-state index is 10.8. The first-order valence-corrected chi connectivity index (χ1v) is 8.07. The number of carboxylic acid groups (broad SMARTS) is 1. The molecule has 25 heavy (non-hydrogen) atoms. The lowest BCUT2D eigenvalue weighted by Gasteiger charge is -2.06. The fourth-order valence-corrected chi connectivity index (χ4v) is 2.55. The smallest absolute Gasteiger partial charge is 0.307 e. The van der Waals surface area contributed by atoms with Crippen LogP contribution in [0.3, 0.4) is 0 Å². The molecular weight excluding hydrogens is 318 g/mol. The van der Waals surface area contributed by atoms with Crippen LogP contribution in [-0.4, -0.2) is 22.7 Å². The molecule has 0 radical (unpaired) electrons. The van der Waals surface area contributed by atoms with Crippen molar-refractivity contribution in [2.75, 3.05) is 6.61 Å². The number of hydrogen-bond donors (Lipinski definition) is 1. The van der Waals surface area contributed by atoms with Crippen molar-refractivity contribution in [1.82, 2.24) is 4.98 Å². The minimum Gasteiger partial charge on any atom is -0.493 e. The van der Waals surface area contributed by atoms with Gasteiger partial charge in [-0.1, -0.05) is 30.3 Å². The third-order valence-electron chi connectivity index (χ3n) is 3.77. The van der Waals surface area contributed by atoms with Gasteiger partial charge in [-0.05, 0) is 36.8 Å². The predicted molar refractivity (Wildman–Crippen MR) is 93.7 cm³/mol. The molecule has 0 spiro atoms. The Bertz CT molecular complexity index is 855. The van der Waals surface area contributed by atoms with Crippen LogP contribution in [0.2, 0.25) is 0 Å². The molecule has 3 aromatic rings. The molecule has 0 saturated carbocycles. The van der Waals surface area contributed by atoms with Crippen LogP contribution in [0.5, 0.6) is 5.75 Å². The van der Waals surface area contributed by atoms with Gasteiger partial charge in [0.2, 0.25) is 5.89 Å². The molecule has 0 fully saturated rings. The molecule has 0 aliphatic rings. The van der Waals surface area contributed by atoms with E-state index in [4.69, 9.17) is 14.3 Å². The molecule has 128 valence electrons. The van der Waals surface area contributed by atoms with Gasteiger partial charge in [0.25, 0.3) is 0 Å². The number of hydrogen-bond acceptors (Lipinski definition) is 4. The van der Waals surface area contributed by atoms with E-state index in [0.29, 0.717) is 30.2 Å². The van der Waals surface area contributed by atoms with Crippen molar-refractivity contribution < 1.29 is 19.1 Å². The zero-order valence-corrected chi connectivity index (χ0v) is 13.9. The van der Waals surface area contributed by atoms with E-state index in [9.17, 15) is 4.79 Å². The van der Waals surface area contributed by atoms with Gasteiger partial charge in [0.05, 0.1) is 18.7 Å². The maximum Gasteiger partial charge on any atom is 0.307 e. The van der Waals surface area contributed by atoms with Crippen LogP contribution in [0.1, 0.15) is 17.0 Å². The average molecular weight is 337 g/mol. The minimum atomic E-state index is -0.858. The Morgan fingerprint density at radius 1 is 1.16 bits per heavy atom. The van der Waals surface area contributed by atoms with Crippen molar-refractivity contribution in [1.29, 1.82) is 0 Å². The highest BCUT2D eigenvalue weighted by Crippen LogP contribution is 2.22. The van der Waals surface area contributed by atoms with E-state index in [1.54, 1.807) is 18.2 Å². The molecule has 0 atom stereocenters. The number of nitrogens with zero attached hydrogens (tertiary/aromatic N) is 1. The molecule has 5 heteroatoms. The third-order valence-corrected chi connectivity index (χ3v) is 3.77. The molecule has 1 N–H and O–H groups in total. The lowest BCUT2D eigenvalue weighted by molar-refractivity contribution is -0.136. The first-order chi connectivity index (χ1) is 12.1. The van der Waals surface area contributed by atoms with E-state index in [-0.39, 0.29) is 6.42 Å². The molecule has 3 rings (SSSR count). The second-order valence-corrected chi connectivity index (χ2v) is 5.70. The summed E-state index contributed by atoms with van der Waals surface area (Å²) >= 11 is 0. The Morgan fingerprint density at radius 2 is 1.96 bits per heavy atom. The lowest BCUT2D eigenvalue weighted by atomic mass is 10.1. The van der Waals surface area contributed by atoms with Crippen molar-refractivity contribution >= 4 is 5.97 Å². The van der Waals surface area contributed by atoms with Gasteiger partial charge in [-0.2, -0.15) is 0 Å². The number of aliphatic carboxylic acids is 1. The number of ether oxygens (including phenoxy) is 1. The van der Waals surface area contributed by atoms with Gasteiger partial charge in [-0.3, -0.25) is 4.79 Å². The number of benzene rings is 2. The average Bonchev–Trinajstić information content (AvgIpc) is 2.96. The third kappa shape index (κ3) is 4.47. The monoisotopic (exact) mass is 337 g/mol. The zero-order valence-electron chi connectivity index (χ0n) is 13.9. The highest BCUT2D eigenvalue weighted by atomic mass is 16.5. The van der Waals surface area contributed by atoms with Crippen LogP contribution < -0.4 is 4.74 Å². The van der Waals surface area contributed by atoms with E-state index in [0.717, 1.165) is 17.0 Å². The topological polar surface area (TPSA) is 72.6 Å². The number of aryl methyl sites for hydroxylation is 1. The summed E-state index contributed by atoms with van der Waals surface area (Å²) in [5.41, 5.74) is 2.52. The van der Waals surface area contributed by atoms with Crippen LogP contribution in [-0.2, 0) is 17.6 Å². The van der Waals surface area contributed by atoms with Crippen molar-refractivity contribution in [3.05, 3.63) is 71.6 Å². The summed E-state index contributed by atoms with van der Waals surface area (Å²) in [6.45, 7) is 2.33. The molecule has 1 aromatic heterocycles.